The molecule has 9 heavy (non-hydrogen) atoms. The van der Waals surface area contributed by atoms with E-state index in [0.29, 0.717) is 11.4 Å². The van der Waals surface area contributed by atoms with Crippen LogP contribution in [0.3, 0.4) is 0 Å². The summed E-state index contributed by atoms with van der Waals surface area (Å²) in [7, 11) is 0. The Morgan fingerprint density at radius 2 is 2.56 bits per heavy atom. The third-order valence-corrected chi connectivity index (χ3v) is 0.954. The fourth-order valence-electron chi connectivity index (χ4n) is 0.581. The second kappa shape index (κ2) is 1.48. The number of H-pyrrole nitrogens is 1. The molecule has 2 heterocycles. The third kappa shape index (κ3) is 0.543. The van der Waals surface area contributed by atoms with Gasteiger partial charge < -0.3 is 4.42 Å². The van der Waals surface area contributed by atoms with Crippen LogP contribution in [0.25, 0.3) is 11.4 Å². The molecule has 5 heteroatoms. The van der Waals surface area contributed by atoms with Gasteiger partial charge in [0.25, 0.3) is 5.65 Å². The summed E-state index contributed by atoms with van der Waals surface area (Å²) < 4.78 is 4.85. The normalized spacial score (nSPS) is 10.2. The van der Waals surface area contributed by atoms with Crippen molar-refractivity contribution in [1.82, 2.24) is 15.2 Å². The third-order valence-electron chi connectivity index (χ3n) is 0.954. The van der Waals surface area contributed by atoms with Crippen LogP contribution in [0, 0.1) is 0 Å². The van der Waals surface area contributed by atoms with Gasteiger partial charge in [0.1, 0.15) is 0 Å². The van der Waals surface area contributed by atoms with Crippen LogP contribution in [0.5, 0.6) is 0 Å². The van der Waals surface area contributed by atoms with Gasteiger partial charge in [-0.15, -0.1) is 0 Å². The average molecular weight is 123 g/mol. The summed E-state index contributed by atoms with van der Waals surface area (Å²) in [6, 6.07) is 0. The summed E-state index contributed by atoms with van der Waals surface area (Å²) in [4.78, 5) is 6.48. The zero-order chi connectivity index (χ0) is 6.10. The van der Waals surface area contributed by atoms with E-state index in [0.717, 1.165) is 0 Å². The molecule has 0 spiro atoms. The molecule has 0 aromatic carbocycles. The minimum Gasteiger partial charge on any atom is -0.408 e. The van der Waals surface area contributed by atoms with Gasteiger partial charge in [-0.3, -0.25) is 0 Å². The molecule has 1 N–H and O–H groups in total. The van der Waals surface area contributed by atoms with Crippen LogP contribution in [0.15, 0.2) is 17.1 Å². The fourth-order valence-corrected chi connectivity index (χ4v) is 0.581. The van der Waals surface area contributed by atoms with Gasteiger partial charge in [0.15, 0.2) is 6.39 Å². The predicted octanol–water partition coefficient (Wildman–Crippen LogP) is -0.568. The minimum atomic E-state index is 0.498. The zero-order valence-electron chi connectivity index (χ0n) is 4.40. The van der Waals surface area contributed by atoms with Crippen LogP contribution in [0.2, 0.25) is 0 Å². The molecule has 0 unspecified atom stereocenters. The molecule has 0 aliphatic rings. The largest absolute Gasteiger partial charge is 0.408 e. The highest BCUT2D eigenvalue weighted by Crippen LogP contribution is 1.96. The fraction of sp³-hybridized carbons (Fsp3) is 0. The lowest BCUT2D eigenvalue weighted by Crippen LogP contribution is -2.03. The molecular formula is C4H3N4O+. The number of hydrogen-bond acceptors (Lipinski definition) is 4. The Morgan fingerprint density at radius 3 is 3.44 bits per heavy atom. The van der Waals surface area contributed by atoms with Crippen LogP contribution in [-0.2, 0) is 0 Å². The Hall–Kier alpha value is -1.52. The van der Waals surface area contributed by atoms with Gasteiger partial charge in [0.05, 0.1) is 5.10 Å². The number of nitrogens with one attached hydrogen (secondary N) is 1. The molecule has 0 aliphatic carbocycles. The SMILES string of the molecule is c1nnc2ncoc2[nH+]1. The van der Waals surface area contributed by atoms with Crippen LogP contribution in [0.4, 0.5) is 0 Å². The first-order chi connectivity index (χ1) is 4.47. The van der Waals surface area contributed by atoms with Crippen molar-refractivity contribution in [3.05, 3.63) is 12.7 Å². The van der Waals surface area contributed by atoms with E-state index in [1.807, 2.05) is 0 Å². The summed E-state index contributed by atoms with van der Waals surface area (Å²) in [5, 5.41) is 7.21. The van der Waals surface area contributed by atoms with Crippen LogP contribution in [-0.4, -0.2) is 15.2 Å². The van der Waals surface area contributed by atoms with E-state index < -0.39 is 0 Å². The first kappa shape index (κ1) is 4.37. The molecule has 0 amide bonds. The zero-order valence-corrected chi connectivity index (χ0v) is 4.40. The van der Waals surface area contributed by atoms with Crippen molar-refractivity contribution in [3.8, 4) is 0 Å². The van der Waals surface area contributed by atoms with E-state index in [1.54, 1.807) is 0 Å². The Kier molecular flexibility index (Phi) is 0.717. The van der Waals surface area contributed by atoms with E-state index in [9.17, 15) is 0 Å². The number of rotatable bonds is 0. The number of aromatic amines is 1. The maximum Gasteiger partial charge on any atom is 0.338 e. The summed E-state index contributed by atoms with van der Waals surface area (Å²) in [6.07, 6.45) is 2.75. The van der Waals surface area contributed by atoms with Crippen LogP contribution < -0.4 is 4.98 Å². The molecule has 0 fully saturated rings. The summed E-state index contributed by atoms with van der Waals surface area (Å²) in [5.74, 6) is 0. The van der Waals surface area contributed by atoms with Crippen molar-refractivity contribution in [2.45, 2.75) is 0 Å². The monoisotopic (exact) mass is 123 g/mol. The molecule has 2 aromatic heterocycles. The lowest BCUT2D eigenvalue weighted by molar-refractivity contribution is -0.362. The molecule has 0 aliphatic heterocycles. The Balaban J connectivity index is 2.95. The van der Waals surface area contributed by atoms with Crippen molar-refractivity contribution in [1.29, 1.82) is 0 Å². The van der Waals surface area contributed by atoms with E-state index in [4.69, 9.17) is 4.42 Å². The van der Waals surface area contributed by atoms with E-state index in [-0.39, 0.29) is 0 Å². The molecule has 0 saturated heterocycles. The summed E-state index contributed by atoms with van der Waals surface area (Å²) in [6.45, 7) is 0. The van der Waals surface area contributed by atoms with E-state index >= 15 is 0 Å². The maximum absolute atomic E-state index is 4.85. The molecule has 0 atom stereocenters. The summed E-state index contributed by atoms with van der Waals surface area (Å²) >= 11 is 0. The van der Waals surface area contributed by atoms with E-state index in [1.165, 1.54) is 12.7 Å². The first-order valence-corrected chi connectivity index (χ1v) is 2.39. The Morgan fingerprint density at radius 1 is 1.56 bits per heavy atom. The molecule has 0 bridgehead atoms. The van der Waals surface area contributed by atoms with Crippen molar-refractivity contribution >= 4 is 11.4 Å². The second-order valence-corrected chi connectivity index (χ2v) is 1.49. The average Bonchev–Trinajstić information content (AvgIpc) is 2.33. The van der Waals surface area contributed by atoms with E-state index in [2.05, 4.69) is 20.2 Å². The molecule has 2 rings (SSSR count). The molecular weight excluding hydrogens is 120 g/mol. The van der Waals surface area contributed by atoms with Gasteiger partial charge in [-0.2, -0.15) is 4.98 Å². The van der Waals surface area contributed by atoms with Gasteiger partial charge in [0, 0.05) is 0 Å². The van der Waals surface area contributed by atoms with Crippen LogP contribution >= 0.6 is 0 Å². The predicted molar refractivity (Wildman–Crippen MR) is 26.2 cm³/mol. The number of fused-ring (bicyclic) bond motifs is 1. The van der Waals surface area contributed by atoms with Crippen molar-refractivity contribution in [2.75, 3.05) is 0 Å². The maximum atomic E-state index is 4.85. The molecule has 2 aromatic rings. The van der Waals surface area contributed by atoms with Gasteiger partial charge in [0.2, 0.25) is 0 Å². The first-order valence-electron chi connectivity index (χ1n) is 2.39. The highest BCUT2D eigenvalue weighted by atomic mass is 16.3. The quantitative estimate of drug-likeness (QED) is 0.470. The Labute approximate surface area is 49.8 Å². The molecule has 5 nitrogen and oxygen atoms in total. The minimum absolute atomic E-state index is 0.498. The van der Waals surface area contributed by atoms with Gasteiger partial charge in [-0.05, 0) is 5.10 Å². The van der Waals surface area contributed by atoms with Gasteiger partial charge in [-0.1, -0.05) is 0 Å². The number of oxazole rings is 1. The highest BCUT2D eigenvalue weighted by Gasteiger charge is 2.02. The topological polar surface area (TPSA) is 66.0 Å². The van der Waals surface area contributed by atoms with Gasteiger partial charge in [-0.25, -0.2) is 4.98 Å². The smallest absolute Gasteiger partial charge is 0.338 e. The Bertz CT molecular complexity index is 287. The molecule has 44 valence electrons. The van der Waals surface area contributed by atoms with Crippen LogP contribution in [0.1, 0.15) is 0 Å². The lowest BCUT2D eigenvalue weighted by atomic mass is 10.8. The van der Waals surface area contributed by atoms with Crippen molar-refractivity contribution in [2.24, 2.45) is 0 Å². The lowest BCUT2D eigenvalue weighted by Gasteiger charge is -1.69. The number of hydrogen-bond donors (Lipinski definition) is 0. The van der Waals surface area contributed by atoms with Crippen molar-refractivity contribution in [3.63, 3.8) is 0 Å². The molecule has 0 saturated carbocycles. The standard InChI is InChI=1S/C4H2N4O/c1-5-4-3(8-7-1)6-2-9-4/h1-2H/p+1. The number of aromatic nitrogens is 4. The second-order valence-electron chi connectivity index (χ2n) is 1.49. The summed E-state index contributed by atoms with van der Waals surface area (Å²) in [5.41, 5.74) is 1.04. The number of nitrogens with zero attached hydrogens (tertiary/aromatic N) is 3. The van der Waals surface area contributed by atoms with Crippen molar-refractivity contribution < 1.29 is 9.40 Å². The van der Waals surface area contributed by atoms with Gasteiger partial charge >= 0.3 is 12.0 Å². The highest BCUT2D eigenvalue weighted by molar-refractivity contribution is 5.55. The molecule has 0 radical (unpaired) electrons.